The van der Waals surface area contributed by atoms with Gasteiger partial charge in [-0.1, -0.05) is 95.5 Å². The average molecular weight is 399 g/mol. The van der Waals surface area contributed by atoms with Crippen LogP contribution in [0.1, 0.15) is 27.3 Å². The van der Waals surface area contributed by atoms with Crippen molar-refractivity contribution in [2.45, 2.75) is 19.6 Å². The molecule has 0 radical (unpaired) electrons. The molecule has 1 aromatic heterocycles. The minimum atomic E-state index is 0.625. The molecule has 0 amide bonds. The number of nitrogens with one attached hydrogen (secondary N) is 1. The zero-order chi connectivity index (χ0) is 19.7. The highest BCUT2D eigenvalue weighted by Gasteiger charge is 2.16. The van der Waals surface area contributed by atoms with E-state index < -0.39 is 0 Å². The van der Waals surface area contributed by atoms with Crippen LogP contribution in [-0.4, -0.2) is 15.3 Å². The van der Waals surface area contributed by atoms with Crippen molar-refractivity contribution >= 4 is 17.2 Å². The Morgan fingerprint density at radius 2 is 1.38 bits per heavy atom. The van der Waals surface area contributed by atoms with Gasteiger partial charge in [-0.2, -0.15) is 0 Å². The molecule has 1 heterocycles. The van der Waals surface area contributed by atoms with Crippen molar-refractivity contribution < 1.29 is 0 Å². The molecule has 1 N–H and O–H groups in total. The van der Waals surface area contributed by atoms with E-state index >= 15 is 0 Å². The standard InChI is InChI=1S/C24H22N4S/c1-4-10-19(11-5-1)16-25-18-22-24(29-28-27-22)23(21-14-8-3-9-15-21)26-17-20-12-6-2-7-13-20/h1-15,25H,16-18H2. The van der Waals surface area contributed by atoms with Gasteiger partial charge in [-0.05, 0) is 22.7 Å². The Bertz CT molecular complexity index is 1040. The van der Waals surface area contributed by atoms with Crippen LogP contribution in [0, 0.1) is 0 Å². The zero-order valence-corrected chi connectivity index (χ0v) is 16.8. The largest absolute Gasteiger partial charge is 0.307 e. The van der Waals surface area contributed by atoms with E-state index in [1.54, 1.807) is 0 Å². The Kier molecular flexibility index (Phi) is 6.53. The number of hydrogen-bond donors (Lipinski definition) is 1. The van der Waals surface area contributed by atoms with Gasteiger partial charge in [-0.3, -0.25) is 4.99 Å². The molecule has 0 aliphatic carbocycles. The van der Waals surface area contributed by atoms with Crippen molar-refractivity contribution in [2.75, 3.05) is 0 Å². The minimum absolute atomic E-state index is 0.625. The molecule has 0 aliphatic rings. The van der Waals surface area contributed by atoms with E-state index in [9.17, 15) is 0 Å². The Hall–Kier alpha value is -3.15. The molecule has 0 atom stereocenters. The fraction of sp³-hybridized carbons (Fsp3) is 0.125. The summed E-state index contributed by atoms with van der Waals surface area (Å²) in [4.78, 5) is 5.97. The number of benzene rings is 3. The third-order valence-corrected chi connectivity index (χ3v) is 5.32. The van der Waals surface area contributed by atoms with Gasteiger partial charge in [0.25, 0.3) is 0 Å². The summed E-state index contributed by atoms with van der Waals surface area (Å²) < 4.78 is 4.22. The maximum absolute atomic E-state index is 4.95. The smallest absolute Gasteiger partial charge is 0.0988 e. The Morgan fingerprint density at radius 3 is 2.07 bits per heavy atom. The Morgan fingerprint density at radius 1 is 0.759 bits per heavy atom. The molecule has 0 aliphatic heterocycles. The van der Waals surface area contributed by atoms with Crippen molar-refractivity contribution in [3.63, 3.8) is 0 Å². The van der Waals surface area contributed by atoms with Crippen LogP contribution in [0.4, 0.5) is 0 Å². The van der Waals surface area contributed by atoms with Crippen LogP contribution in [0.15, 0.2) is 96.0 Å². The first-order chi connectivity index (χ1) is 14.4. The fourth-order valence-corrected chi connectivity index (χ4v) is 3.78. The van der Waals surface area contributed by atoms with Gasteiger partial charge in [0.1, 0.15) is 0 Å². The normalized spacial score (nSPS) is 11.5. The predicted molar refractivity (Wildman–Crippen MR) is 119 cm³/mol. The lowest BCUT2D eigenvalue weighted by molar-refractivity contribution is 0.677. The number of aliphatic imine (C=N–C) groups is 1. The molecular weight excluding hydrogens is 376 g/mol. The van der Waals surface area contributed by atoms with E-state index in [4.69, 9.17) is 4.99 Å². The molecule has 29 heavy (non-hydrogen) atoms. The van der Waals surface area contributed by atoms with Crippen molar-refractivity contribution in [1.82, 2.24) is 14.9 Å². The molecule has 0 bridgehead atoms. The number of aromatic nitrogens is 2. The average Bonchev–Trinajstić information content (AvgIpc) is 3.24. The molecule has 0 saturated heterocycles. The lowest BCUT2D eigenvalue weighted by Gasteiger charge is -2.08. The lowest BCUT2D eigenvalue weighted by Crippen LogP contribution is -2.15. The minimum Gasteiger partial charge on any atom is -0.307 e. The summed E-state index contributed by atoms with van der Waals surface area (Å²) in [5.74, 6) is 0. The van der Waals surface area contributed by atoms with Gasteiger partial charge in [0.05, 0.1) is 22.8 Å². The van der Waals surface area contributed by atoms with Crippen LogP contribution in [0.2, 0.25) is 0 Å². The predicted octanol–water partition coefficient (Wildman–Crippen LogP) is 4.87. The maximum atomic E-state index is 4.95. The van der Waals surface area contributed by atoms with E-state index in [0.717, 1.165) is 28.4 Å². The Labute approximate surface area is 175 Å². The zero-order valence-electron chi connectivity index (χ0n) is 16.0. The second-order valence-corrected chi connectivity index (χ2v) is 7.41. The van der Waals surface area contributed by atoms with Gasteiger partial charge in [-0.15, -0.1) is 5.10 Å². The summed E-state index contributed by atoms with van der Waals surface area (Å²) >= 11 is 1.40. The lowest BCUT2D eigenvalue weighted by atomic mass is 10.1. The molecule has 4 rings (SSSR count). The molecule has 0 unspecified atom stereocenters. The Balaban J connectivity index is 1.56. The quantitative estimate of drug-likeness (QED) is 0.431. The summed E-state index contributed by atoms with van der Waals surface area (Å²) in [6.07, 6.45) is 0. The topological polar surface area (TPSA) is 50.2 Å². The van der Waals surface area contributed by atoms with Gasteiger partial charge in [0, 0.05) is 18.7 Å². The molecule has 4 nitrogen and oxygen atoms in total. The van der Waals surface area contributed by atoms with E-state index in [0.29, 0.717) is 13.1 Å². The third kappa shape index (κ3) is 5.22. The van der Waals surface area contributed by atoms with Crippen LogP contribution in [0.25, 0.3) is 0 Å². The molecule has 0 spiro atoms. The van der Waals surface area contributed by atoms with Crippen LogP contribution in [-0.2, 0) is 19.6 Å². The summed E-state index contributed by atoms with van der Waals surface area (Å²) in [5.41, 5.74) is 5.39. The van der Waals surface area contributed by atoms with Gasteiger partial charge in [0.15, 0.2) is 0 Å². The van der Waals surface area contributed by atoms with Crippen LogP contribution in [0.5, 0.6) is 0 Å². The second-order valence-electron chi connectivity index (χ2n) is 6.65. The number of nitrogens with zero attached hydrogens (tertiary/aromatic N) is 3. The van der Waals surface area contributed by atoms with Gasteiger partial charge >= 0.3 is 0 Å². The van der Waals surface area contributed by atoms with Crippen molar-refractivity contribution in [1.29, 1.82) is 0 Å². The van der Waals surface area contributed by atoms with Crippen LogP contribution in [0.3, 0.4) is 0 Å². The molecule has 4 aromatic rings. The first-order valence-electron chi connectivity index (χ1n) is 9.60. The third-order valence-electron chi connectivity index (χ3n) is 4.55. The first-order valence-corrected chi connectivity index (χ1v) is 10.4. The highest BCUT2D eigenvalue weighted by atomic mass is 32.1. The van der Waals surface area contributed by atoms with Crippen molar-refractivity contribution in [3.05, 3.63) is 118 Å². The van der Waals surface area contributed by atoms with E-state index in [1.807, 2.05) is 42.5 Å². The SMILES string of the molecule is c1ccc(CN=C(c2ccccc2)c2snnc2CNCc2ccccc2)cc1. The first kappa shape index (κ1) is 19.2. The van der Waals surface area contributed by atoms with Gasteiger partial charge in [-0.25, -0.2) is 0 Å². The second kappa shape index (κ2) is 9.87. The monoisotopic (exact) mass is 398 g/mol. The van der Waals surface area contributed by atoms with Crippen molar-refractivity contribution in [3.8, 4) is 0 Å². The summed E-state index contributed by atoms with van der Waals surface area (Å²) in [6.45, 7) is 2.07. The van der Waals surface area contributed by atoms with Gasteiger partial charge in [0.2, 0.25) is 0 Å². The van der Waals surface area contributed by atoms with Crippen LogP contribution >= 0.6 is 11.5 Å². The summed E-state index contributed by atoms with van der Waals surface area (Å²) in [5, 5.41) is 7.85. The van der Waals surface area contributed by atoms with Gasteiger partial charge < -0.3 is 5.32 Å². The maximum Gasteiger partial charge on any atom is 0.0988 e. The van der Waals surface area contributed by atoms with Crippen molar-refractivity contribution in [2.24, 2.45) is 4.99 Å². The molecular formula is C24H22N4S. The van der Waals surface area contributed by atoms with E-state index in [-0.39, 0.29) is 0 Å². The molecule has 0 saturated carbocycles. The molecule has 0 fully saturated rings. The van der Waals surface area contributed by atoms with Crippen LogP contribution < -0.4 is 5.32 Å². The molecule has 3 aromatic carbocycles. The van der Waals surface area contributed by atoms with E-state index in [2.05, 4.69) is 63.4 Å². The summed E-state index contributed by atoms with van der Waals surface area (Å²) in [6, 6.07) is 30.9. The highest BCUT2D eigenvalue weighted by Crippen LogP contribution is 2.19. The number of rotatable bonds is 8. The highest BCUT2D eigenvalue weighted by molar-refractivity contribution is 7.08. The van der Waals surface area contributed by atoms with E-state index in [1.165, 1.54) is 22.7 Å². The molecule has 5 heteroatoms. The summed E-state index contributed by atoms with van der Waals surface area (Å²) in [7, 11) is 0. The number of hydrogen-bond acceptors (Lipinski definition) is 5. The molecule has 144 valence electrons. The fourth-order valence-electron chi connectivity index (χ4n) is 3.07.